The fourth-order valence-corrected chi connectivity index (χ4v) is 3.14. The van der Waals surface area contributed by atoms with Crippen LogP contribution in [0.1, 0.15) is 60.2 Å². The van der Waals surface area contributed by atoms with Crippen LogP contribution in [0.5, 0.6) is 5.75 Å². The van der Waals surface area contributed by atoms with Crippen LogP contribution < -0.4 is 10.1 Å². The molecule has 0 aromatic heterocycles. The number of carboxylic acid groups (broad SMARTS) is 1. The first-order valence-electron chi connectivity index (χ1n) is 10.6. The molecule has 0 unspecified atom stereocenters. The number of carbonyl (C=O) groups excluding carboxylic acids is 1. The number of hydrogen-bond donors (Lipinski definition) is 2. The SMILES string of the molecule is CCCCOc1ccc(C[C@H](CC)C(=O)O)cc1CNC(=O)c1ccc(C(F)(F)F)cc1. The molecule has 8 heteroatoms. The van der Waals surface area contributed by atoms with E-state index in [1.165, 1.54) is 0 Å². The van der Waals surface area contributed by atoms with Crippen molar-refractivity contribution in [2.45, 2.75) is 52.3 Å². The molecule has 1 amide bonds. The van der Waals surface area contributed by atoms with Crippen LogP contribution in [0.4, 0.5) is 13.2 Å². The van der Waals surface area contributed by atoms with E-state index in [-0.39, 0.29) is 12.1 Å². The minimum Gasteiger partial charge on any atom is -0.493 e. The Labute approximate surface area is 185 Å². The molecule has 0 radical (unpaired) electrons. The first-order valence-corrected chi connectivity index (χ1v) is 10.6. The number of carboxylic acids is 1. The van der Waals surface area contributed by atoms with Gasteiger partial charge < -0.3 is 15.2 Å². The van der Waals surface area contributed by atoms with Crippen LogP contribution in [0.15, 0.2) is 42.5 Å². The molecule has 0 spiro atoms. The minimum absolute atomic E-state index is 0.0962. The van der Waals surface area contributed by atoms with Gasteiger partial charge in [0.1, 0.15) is 5.75 Å². The molecule has 0 aliphatic heterocycles. The van der Waals surface area contributed by atoms with Crippen LogP contribution in [0.25, 0.3) is 0 Å². The third-order valence-electron chi connectivity index (χ3n) is 5.12. The number of hydrogen-bond acceptors (Lipinski definition) is 3. The van der Waals surface area contributed by atoms with Crippen molar-refractivity contribution in [1.82, 2.24) is 5.32 Å². The number of ether oxygens (including phenoxy) is 1. The maximum absolute atomic E-state index is 12.7. The molecule has 2 aromatic carbocycles. The number of benzene rings is 2. The van der Waals surface area contributed by atoms with E-state index in [1.54, 1.807) is 12.1 Å². The van der Waals surface area contributed by atoms with Crippen LogP contribution in [-0.4, -0.2) is 23.6 Å². The lowest BCUT2D eigenvalue weighted by Gasteiger charge is -2.16. The zero-order chi connectivity index (χ0) is 23.7. The van der Waals surface area contributed by atoms with Gasteiger partial charge >= 0.3 is 12.1 Å². The highest BCUT2D eigenvalue weighted by atomic mass is 19.4. The molecule has 174 valence electrons. The molecular formula is C24H28F3NO4. The molecule has 0 saturated carbocycles. The molecule has 2 rings (SSSR count). The highest BCUT2D eigenvalue weighted by molar-refractivity contribution is 5.94. The summed E-state index contributed by atoms with van der Waals surface area (Å²) in [5.41, 5.74) is 0.775. The summed E-state index contributed by atoms with van der Waals surface area (Å²) < 4.78 is 44.0. The Bertz CT molecular complexity index is 910. The Morgan fingerprint density at radius 3 is 2.34 bits per heavy atom. The molecule has 1 atom stereocenters. The maximum atomic E-state index is 12.7. The molecule has 2 N–H and O–H groups in total. The van der Waals surface area contributed by atoms with E-state index in [4.69, 9.17) is 4.74 Å². The van der Waals surface area contributed by atoms with Crippen molar-refractivity contribution in [1.29, 1.82) is 0 Å². The Morgan fingerprint density at radius 2 is 1.78 bits per heavy atom. The Hall–Kier alpha value is -3.03. The van der Waals surface area contributed by atoms with Gasteiger partial charge in [0.15, 0.2) is 0 Å². The molecule has 2 aromatic rings. The van der Waals surface area contributed by atoms with E-state index in [1.807, 2.05) is 19.9 Å². The van der Waals surface area contributed by atoms with Gasteiger partial charge in [-0.15, -0.1) is 0 Å². The molecule has 0 fully saturated rings. The van der Waals surface area contributed by atoms with Gasteiger partial charge in [0.25, 0.3) is 5.91 Å². The van der Waals surface area contributed by atoms with E-state index >= 15 is 0 Å². The summed E-state index contributed by atoms with van der Waals surface area (Å²) in [5.74, 6) is -1.32. The number of halogens is 3. The summed E-state index contributed by atoms with van der Waals surface area (Å²) in [5, 5.41) is 12.0. The first kappa shape index (κ1) is 25.2. The minimum atomic E-state index is -4.47. The van der Waals surface area contributed by atoms with Crippen molar-refractivity contribution in [2.24, 2.45) is 5.92 Å². The van der Waals surface area contributed by atoms with Gasteiger partial charge in [-0.05, 0) is 55.2 Å². The van der Waals surface area contributed by atoms with Crippen LogP contribution in [0, 0.1) is 5.92 Å². The van der Waals surface area contributed by atoms with Gasteiger partial charge in [0.2, 0.25) is 0 Å². The third kappa shape index (κ3) is 7.28. The van der Waals surface area contributed by atoms with Crippen LogP contribution in [0.3, 0.4) is 0 Å². The number of nitrogens with one attached hydrogen (secondary N) is 1. The quantitative estimate of drug-likeness (QED) is 0.445. The fourth-order valence-electron chi connectivity index (χ4n) is 3.14. The third-order valence-corrected chi connectivity index (χ3v) is 5.12. The molecule has 0 saturated heterocycles. The molecule has 0 aliphatic rings. The highest BCUT2D eigenvalue weighted by Crippen LogP contribution is 2.29. The smallest absolute Gasteiger partial charge is 0.416 e. The van der Waals surface area contributed by atoms with Crippen molar-refractivity contribution in [3.8, 4) is 5.75 Å². The lowest BCUT2D eigenvalue weighted by Crippen LogP contribution is -2.23. The van der Waals surface area contributed by atoms with E-state index < -0.39 is 29.5 Å². The summed E-state index contributed by atoms with van der Waals surface area (Å²) in [6, 6.07) is 9.38. The van der Waals surface area contributed by atoms with E-state index in [9.17, 15) is 27.9 Å². The summed E-state index contributed by atoms with van der Waals surface area (Å²) in [4.78, 5) is 23.8. The van der Waals surface area contributed by atoms with Crippen molar-refractivity contribution < 1.29 is 32.6 Å². The molecule has 5 nitrogen and oxygen atoms in total. The van der Waals surface area contributed by atoms with Gasteiger partial charge in [-0.3, -0.25) is 9.59 Å². The summed E-state index contributed by atoms with van der Waals surface area (Å²) >= 11 is 0. The number of alkyl halides is 3. The van der Waals surface area contributed by atoms with Gasteiger partial charge in [-0.1, -0.05) is 32.4 Å². The average molecular weight is 451 g/mol. The molecular weight excluding hydrogens is 423 g/mol. The standard InChI is InChI=1S/C24H28F3NO4/c1-3-5-12-32-21-11-6-16(13-17(4-2)23(30)31)14-19(21)15-28-22(29)18-7-9-20(10-8-18)24(25,26)27/h6-11,14,17H,3-5,12-13,15H2,1-2H3,(H,28,29)(H,30,31)/t17-/m0/s1. The Kier molecular flexibility index (Phi) is 9.11. The van der Waals surface area contributed by atoms with E-state index in [2.05, 4.69) is 5.32 Å². The van der Waals surface area contributed by atoms with Gasteiger partial charge in [-0.25, -0.2) is 0 Å². The van der Waals surface area contributed by atoms with E-state index in [0.717, 1.165) is 42.7 Å². The number of unbranched alkanes of at least 4 members (excludes halogenated alkanes) is 1. The van der Waals surface area contributed by atoms with Crippen molar-refractivity contribution in [3.63, 3.8) is 0 Å². The molecule has 0 heterocycles. The van der Waals surface area contributed by atoms with Crippen LogP contribution >= 0.6 is 0 Å². The molecule has 0 aliphatic carbocycles. The molecule has 0 bridgehead atoms. The topological polar surface area (TPSA) is 75.6 Å². The maximum Gasteiger partial charge on any atom is 0.416 e. The summed E-state index contributed by atoms with van der Waals surface area (Å²) in [7, 11) is 0. The zero-order valence-electron chi connectivity index (χ0n) is 18.2. The fraction of sp³-hybridized carbons (Fsp3) is 0.417. The predicted octanol–water partition coefficient (Wildman–Crippen LogP) is 5.47. The lowest BCUT2D eigenvalue weighted by molar-refractivity contribution is -0.141. The second-order valence-corrected chi connectivity index (χ2v) is 7.55. The van der Waals surface area contributed by atoms with Crippen molar-refractivity contribution >= 4 is 11.9 Å². The predicted molar refractivity (Wildman–Crippen MR) is 115 cm³/mol. The van der Waals surface area contributed by atoms with Gasteiger partial charge in [-0.2, -0.15) is 13.2 Å². The monoisotopic (exact) mass is 451 g/mol. The van der Waals surface area contributed by atoms with Crippen molar-refractivity contribution in [2.75, 3.05) is 6.61 Å². The second-order valence-electron chi connectivity index (χ2n) is 7.55. The lowest BCUT2D eigenvalue weighted by atomic mass is 9.95. The van der Waals surface area contributed by atoms with Crippen LogP contribution in [0.2, 0.25) is 0 Å². The number of aliphatic carboxylic acids is 1. The number of rotatable bonds is 11. The largest absolute Gasteiger partial charge is 0.493 e. The normalized spacial score (nSPS) is 12.3. The second kappa shape index (κ2) is 11.5. The average Bonchev–Trinajstić information content (AvgIpc) is 2.76. The molecule has 32 heavy (non-hydrogen) atoms. The van der Waals surface area contributed by atoms with Crippen LogP contribution in [-0.2, 0) is 23.9 Å². The number of amides is 1. The summed E-state index contributed by atoms with van der Waals surface area (Å²) in [6.45, 7) is 4.45. The zero-order valence-corrected chi connectivity index (χ0v) is 18.2. The highest BCUT2D eigenvalue weighted by Gasteiger charge is 2.30. The first-order chi connectivity index (χ1) is 15.2. The van der Waals surface area contributed by atoms with Gasteiger partial charge in [0, 0.05) is 17.7 Å². The van der Waals surface area contributed by atoms with E-state index in [0.29, 0.717) is 30.8 Å². The van der Waals surface area contributed by atoms with Crippen molar-refractivity contribution in [3.05, 3.63) is 64.7 Å². The Balaban J connectivity index is 2.16. The van der Waals surface area contributed by atoms with Gasteiger partial charge in [0.05, 0.1) is 18.1 Å². The Morgan fingerprint density at radius 1 is 1.09 bits per heavy atom. The summed E-state index contributed by atoms with van der Waals surface area (Å²) in [6.07, 6.45) is -1.82. The number of carbonyl (C=O) groups is 2.